The molecule has 2 aromatic carbocycles. The van der Waals surface area contributed by atoms with Crippen LogP contribution in [-0.2, 0) is 4.74 Å². The largest absolute Gasteiger partial charge is 0.507 e. The zero-order valence-electron chi connectivity index (χ0n) is 16.0. The summed E-state index contributed by atoms with van der Waals surface area (Å²) in [7, 11) is 2.75. The van der Waals surface area contributed by atoms with Crippen molar-refractivity contribution in [1.82, 2.24) is 0 Å². The Morgan fingerprint density at radius 1 is 0.963 bits per heavy atom. The van der Waals surface area contributed by atoms with E-state index in [-0.39, 0.29) is 33.9 Å². The summed E-state index contributed by atoms with van der Waals surface area (Å²) in [5.74, 6) is -0.548. The predicted octanol–water partition coefficient (Wildman–Crippen LogP) is 3.75. The fraction of sp³-hybridized carbons (Fsp3) is 0.300. The molecule has 7 heteroatoms. The molecule has 0 radical (unpaired) electrons. The first-order chi connectivity index (χ1) is 12.7. The number of phenols is 1. The molecular weight excluding hydrogens is 352 g/mol. The highest BCUT2D eigenvalue weighted by Gasteiger charge is 2.34. The Labute approximate surface area is 156 Å². The van der Waals surface area contributed by atoms with Crippen molar-refractivity contribution in [2.24, 2.45) is 0 Å². The summed E-state index contributed by atoms with van der Waals surface area (Å²) >= 11 is 0. The van der Waals surface area contributed by atoms with Crippen LogP contribution in [0.15, 0.2) is 6.07 Å². The van der Waals surface area contributed by atoms with Gasteiger partial charge in [-0.05, 0) is 39.3 Å². The van der Waals surface area contributed by atoms with Crippen molar-refractivity contribution < 1.29 is 33.6 Å². The van der Waals surface area contributed by atoms with E-state index in [0.29, 0.717) is 28.2 Å². The summed E-state index contributed by atoms with van der Waals surface area (Å²) in [4.78, 5) is 24.9. The molecule has 142 valence electrons. The molecule has 0 unspecified atom stereocenters. The van der Waals surface area contributed by atoms with Crippen molar-refractivity contribution in [3.63, 3.8) is 0 Å². The summed E-state index contributed by atoms with van der Waals surface area (Å²) < 4.78 is 21.7. The topological polar surface area (TPSA) is 91.3 Å². The number of carbonyl (C=O) groups is 2. The van der Waals surface area contributed by atoms with Gasteiger partial charge in [0.15, 0.2) is 11.5 Å². The summed E-state index contributed by atoms with van der Waals surface area (Å²) in [6, 6.07) is 1.73. The number of aryl methyl sites for hydroxylation is 1. The zero-order chi connectivity index (χ0) is 20.0. The molecule has 0 aliphatic carbocycles. The lowest BCUT2D eigenvalue weighted by molar-refractivity contribution is 0.0596. The maximum atomic E-state index is 12.8. The minimum absolute atomic E-state index is 0.0366. The van der Waals surface area contributed by atoms with E-state index in [4.69, 9.17) is 18.9 Å². The first kappa shape index (κ1) is 18.6. The van der Waals surface area contributed by atoms with Gasteiger partial charge in [-0.3, -0.25) is 0 Å². The minimum Gasteiger partial charge on any atom is -0.507 e. The number of fused-ring (bicyclic) bond motifs is 2. The Kier molecular flexibility index (Phi) is 4.47. The molecule has 0 bridgehead atoms. The number of ether oxygens (including phenoxy) is 4. The number of carbonyl (C=O) groups excluding carboxylic acids is 2. The first-order valence-corrected chi connectivity index (χ1v) is 8.25. The fourth-order valence-electron chi connectivity index (χ4n) is 3.22. The second kappa shape index (κ2) is 6.50. The van der Waals surface area contributed by atoms with E-state index in [2.05, 4.69) is 0 Å². The molecule has 27 heavy (non-hydrogen) atoms. The third-order valence-corrected chi connectivity index (χ3v) is 4.75. The van der Waals surface area contributed by atoms with Gasteiger partial charge in [0, 0.05) is 16.7 Å². The summed E-state index contributed by atoms with van der Waals surface area (Å²) in [5, 5.41) is 10.5. The van der Waals surface area contributed by atoms with Crippen molar-refractivity contribution in [3.8, 4) is 28.7 Å². The lowest BCUT2D eigenvalue weighted by atomic mass is 10.0. The fourth-order valence-corrected chi connectivity index (χ4v) is 3.22. The molecule has 0 atom stereocenters. The van der Waals surface area contributed by atoms with Gasteiger partial charge in [-0.15, -0.1) is 0 Å². The second-order valence-corrected chi connectivity index (χ2v) is 6.34. The third-order valence-electron chi connectivity index (χ3n) is 4.75. The summed E-state index contributed by atoms with van der Waals surface area (Å²) in [5.41, 5.74) is 1.98. The Bertz CT molecular complexity index is 989. The normalized spacial score (nSPS) is 12.3. The molecule has 0 fully saturated rings. The standard InChI is InChI=1S/C20H20O7/c1-8-7-12(24-5)9(2)16-13(8)20(23)27-18-11(4)15(21)14(19(22)25-6)10(3)17(18)26-16/h7,21H,1-6H3. The van der Waals surface area contributed by atoms with Gasteiger partial charge >= 0.3 is 11.9 Å². The monoisotopic (exact) mass is 372 g/mol. The molecule has 1 N–H and O–H groups in total. The van der Waals surface area contributed by atoms with Gasteiger partial charge in [-0.1, -0.05) is 0 Å². The highest BCUT2D eigenvalue weighted by molar-refractivity contribution is 6.00. The molecule has 0 amide bonds. The van der Waals surface area contributed by atoms with Crippen LogP contribution in [0, 0.1) is 27.7 Å². The summed E-state index contributed by atoms with van der Waals surface area (Å²) in [6.45, 7) is 6.63. The molecule has 1 aliphatic heterocycles. The van der Waals surface area contributed by atoms with Gasteiger partial charge in [0.05, 0.1) is 14.2 Å². The van der Waals surface area contributed by atoms with Crippen molar-refractivity contribution in [2.75, 3.05) is 14.2 Å². The van der Waals surface area contributed by atoms with Crippen LogP contribution in [0.1, 0.15) is 43.0 Å². The van der Waals surface area contributed by atoms with Crippen LogP contribution in [0.25, 0.3) is 0 Å². The molecule has 0 saturated carbocycles. The molecule has 1 heterocycles. The number of methoxy groups -OCH3 is 2. The van der Waals surface area contributed by atoms with Gasteiger partial charge < -0.3 is 24.1 Å². The lowest BCUT2D eigenvalue weighted by Gasteiger charge is -2.18. The van der Waals surface area contributed by atoms with Crippen LogP contribution < -0.4 is 14.2 Å². The molecule has 3 rings (SSSR count). The third kappa shape index (κ3) is 2.66. The maximum Gasteiger partial charge on any atom is 0.347 e. The number of hydrogen-bond donors (Lipinski definition) is 1. The molecule has 0 spiro atoms. The minimum atomic E-state index is -0.714. The number of aromatic hydroxyl groups is 1. The number of benzene rings is 2. The maximum absolute atomic E-state index is 12.8. The smallest absolute Gasteiger partial charge is 0.347 e. The lowest BCUT2D eigenvalue weighted by Crippen LogP contribution is -2.11. The van der Waals surface area contributed by atoms with E-state index >= 15 is 0 Å². The van der Waals surface area contributed by atoms with Gasteiger partial charge in [0.1, 0.15) is 28.4 Å². The van der Waals surface area contributed by atoms with E-state index in [1.165, 1.54) is 21.1 Å². The van der Waals surface area contributed by atoms with Crippen LogP contribution >= 0.6 is 0 Å². The van der Waals surface area contributed by atoms with E-state index in [9.17, 15) is 14.7 Å². The Morgan fingerprint density at radius 2 is 1.59 bits per heavy atom. The Balaban J connectivity index is 2.36. The predicted molar refractivity (Wildman–Crippen MR) is 96.4 cm³/mol. The molecule has 0 aromatic heterocycles. The van der Waals surface area contributed by atoms with Crippen molar-refractivity contribution in [2.45, 2.75) is 27.7 Å². The Morgan fingerprint density at radius 3 is 2.19 bits per heavy atom. The Hall–Kier alpha value is -3.22. The average molecular weight is 372 g/mol. The van der Waals surface area contributed by atoms with Crippen LogP contribution in [0.4, 0.5) is 0 Å². The van der Waals surface area contributed by atoms with Gasteiger partial charge in [-0.2, -0.15) is 0 Å². The van der Waals surface area contributed by atoms with E-state index in [1.54, 1.807) is 26.8 Å². The SMILES string of the molecule is COC(=O)c1c(C)c2c(c(C)c1O)OC(=O)c1c(C)cc(OC)c(C)c1O2. The molecule has 0 saturated heterocycles. The van der Waals surface area contributed by atoms with E-state index in [0.717, 1.165) is 0 Å². The summed E-state index contributed by atoms with van der Waals surface area (Å²) in [6.07, 6.45) is 0. The number of esters is 2. The molecule has 7 nitrogen and oxygen atoms in total. The van der Waals surface area contributed by atoms with Crippen LogP contribution in [0.3, 0.4) is 0 Å². The van der Waals surface area contributed by atoms with Gasteiger partial charge in [-0.25, -0.2) is 9.59 Å². The molecule has 2 aromatic rings. The van der Waals surface area contributed by atoms with Crippen LogP contribution in [0.2, 0.25) is 0 Å². The van der Waals surface area contributed by atoms with Gasteiger partial charge in [0.25, 0.3) is 0 Å². The zero-order valence-corrected chi connectivity index (χ0v) is 16.0. The number of phenolic OH excluding ortho intramolecular Hbond substituents is 1. The molecular formula is C20H20O7. The first-order valence-electron chi connectivity index (χ1n) is 8.25. The average Bonchev–Trinajstić information content (AvgIpc) is 2.80. The van der Waals surface area contributed by atoms with Crippen LogP contribution in [-0.4, -0.2) is 31.3 Å². The van der Waals surface area contributed by atoms with E-state index in [1.807, 2.05) is 0 Å². The van der Waals surface area contributed by atoms with Crippen molar-refractivity contribution in [3.05, 3.63) is 39.4 Å². The molecule has 1 aliphatic rings. The second-order valence-electron chi connectivity index (χ2n) is 6.34. The quantitative estimate of drug-likeness (QED) is 0.634. The highest BCUT2D eigenvalue weighted by atomic mass is 16.6. The number of hydrogen-bond acceptors (Lipinski definition) is 7. The van der Waals surface area contributed by atoms with E-state index < -0.39 is 11.9 Å². The van der Waals surface area contributed by atoms with Crippen molar-refractivity contribution in [1.29, 1.82) is 0 Å². The van der Waals surface area contributed by atoms with Crippen molar-refractivity contribution >= 4 is 11.9 Å². The van der Waals surface area contributed by atoms with Crippen LogP contribution in [0.5, 0.6) is 28.7 Å². The highest BCUT2D eigenvalue weighted by Crippen LogP contribution is 2.49. The number of rotatable bonds is 2. The van der Waals surface area contributed by atoms with Gasteiger partial charge in [0.2, 0.25) is 0 Å².